The van der Waals surface area contributed by atoms with Crippen LogP contribution in [0.4, 0.5) is 14.7 Å². The highest BCUT2D eigenvalue weighted by atomic mass is 19.1. The van der Waals surface area contributed by atoms with Crippen molar-refractivity contribution < 1.29 is 51.9 Å². The molecule has 0 spiro atoms. The predicted octanol–water partition coefficient (Wildman–Crippen LogP) is 11.2. The summed E-state index contributed by atoms with van der Waals surface area (Å²) >= 11 is 0. The van der Waals surface area contributed by atoms with Gasteiger partial charge in [0.25, 0.3) is 0 Å². The number of ketones is 1. The molecule has 6 heterocycles. The topological polar surface area (TPSA) is 257 Å². The number of hydrogen-bond acceptors (Lipinski definition) is 17. The van der Waals surface area contributed by atoms with Crippen LogP contribution in [0.15, 0.2) is 156 Å². The maximum Gasteiger partial charge on any atom is 0.341 e. The zero-order valence-corrected chi connectivity index (χ0v) is 46.2. The van der Waals surface area contributed by atoms with E-state index in [0.717, 1.165) is 10.9 Å². The van der Waals surface area contributed by atoms with Gasteiger partial charge in [0.05, 0.1) is 76.2 Å². The number of rotatable bonds is 16. The number of carbonyl (C=O) groups excluding carboxylic acids is 1. The number of nitrogen functional groups attached to an aromatic ring is 1. The number of nitrogens with zero attached hydrogens (tertiary/aromatic N) is 8. The molecule has 0 unspecified atom stereocenters. The molecule has 0 aliphatic carbocycles. The predicted molar refractivity (Wildman–Crippen MR) is 306 cm³/mol. The molecule has 4 aromatic carbocycles. The van der Waals surface area contributed by atoms with E-state index in [1.54, 1.807) is 92.7 Å². The minimum absolute atomic E-state index is 0.00731. The maximum atomic E-state index is 13.5. The molecule has 0 aliphatic heterocycles. The average Bonchev–Trinajstić information content (AvgIpc) is 3.69. The fourth-order valence-electron chi connectivity index (χ4n) is 8.24. The lowest BCUT2D eigenvalue weighted by Gasteiger charge is -2.15. The van der Waals surface area contributed by atoms with Gasteiger partial charge in [-0.2, -0.15) is 0 Å². The van der Waals surface area contributed by atoms with E-state index in [9.17, 15) is 28.0 Å². The number of aromatic nitrogens is 8. The number of carboxylic acid groups (broad SMARTS) is 1. The standard InChI is InChI=1S/C31H27FN4O5.C15H14FNO3.C15H14N4O3/c1-18(2)36-16-23(19-5-7-20(32)8-6-19)31(38)24(17-36)26(37)13-30-34-14-21(15-35-30)41-27-9-10-33-25-12-29(40-4)28(39-3)11-22(25)27;1-9(2)17-7-12(10-3-5-11(16)6-4-10)14(18)13(8-17)15(19)20;1-20-13-5-10-11(6-14(13)21-2)17-4-3-12(10)22-9-7-18-15(16)19-8-9/h5-12,14-18H,13H2,1-4H3;3-9H,1-2H3,(H,19,20);3-8H,1-2H3,(H2,16,18,19). The van der Waals surface area contributed by atoms with E-state index >= 15 is 0 Å². The number of benzene rings is 4. The number of methoxy groups -OCH3 is 4. The number of aromatic carboxylic acids is 1. The van der Waals surface area contributed by atoms with Gasteiger partial charge in [-0.25, -0.2) is 33.5 Å². The van der Waals surface area contributed by atoms with E-state index in [2.05, 4.69) is 29.9 Å². The molecule has 6 aromatic heterocycles. The highest BCUT2D eigenvalue weighted by molar-refractivity contribution is 5.98. The first-order valence-electron chi connectivity index (χ1n) is 25.4. The number of fused-ring (bicyclic) bond motifs is 2. The molecular weight excluding hydrogens is 1070 g/mol. The van der Waals surface area contributed by atoms with E-state index in [4.69, 9.17) is 39.3 Å². The molecule has 424 valence electrons. The van der Waals surface area contributed by atoms with Crippen molar-refractivity contribution in [1.29, 1.82) is 0 Å². The van der Waals surface area contributed by atoms with E-state index in [1.807, 2.05) is 33.8 Å². The lowest BCUT2D eigenvalue weighted by atomic mass is 10.0. The van der Waals surface area contributed by atoms with Crippen molar-refractivity contribution >= 4 is 39.5 Å². The van der Waals surface area contributed by atoms with Crippen LogP contribution >= 0.6 is 0 Å². The van der Waals surface area contributed by atoms with E-state index in [-0.39, 0.29) is 47.0 Å². The maximum absolute atomic E-state index is 13.5. The van der Waals surface area contributed by atoms with E-state index < -0.39 is 34.2 Å². The van der Waals surface area contributed by atoms with Crippen LogP contribution in [-0.2, 0) is 6.42 Å². The fraction of sp³-hybridized carbons (Fsp3) is 0.180. The third kappa shape index (κ3) is 13.9. The number of carbonyl (C=O) groups is 2. The molecule has 0 bridgehead atoms. The molecule has 0 saturated carbocycles. The van der Waals surface area contributed by atoms with Crippen LogP contribution in [0.5, 0.6) is 46.0 Å². The summed E-state index contributed by atoms with van der Waals surface area (Å²) < 4.78 is 63.0. The summed E-state index contributed by atoms with van der Waals surface area (Å²) in [6, 6.07) is 21.6. The SMILES string of the molecule is CC(C)n1cc(C(=O)O)c(=O)c(-c2ccc(F)cc2)c1.COc1cc2nccc(Oc3cnc(CC(=O)c4cn(C(C)C)cc(-c5ccc(F)cc5)c4=O)nc3)c2cc1OC.COc1cc2nccc(Oc3cnc(N)nc3)c2cc1OC. The summed E-state index contributed by atoms with van der Waals surface area (Å²) in [7, 11) is 6.26. The number of ether oxygens (including phenoxy) is 6. The van der Waals surface area contributed by atoms with Crippen LogP contribution in [0.2, 0.25) is 0 Å². The summed E-state index contributed by atoms with van der Waals surface area (Å²) in [5.74, 6) is 2.14. The lowest BCUT2D eigenvalue weighted by molar-refractivity contribution is 0.0694. The molecular formula is C61H55F2N9O11. The second kappa shape index (κ2) is 26.1. The Morgan fingerprint density at radius 3 is 1.31 bits per heavy atom. The molecule has 83 heavy (non-hydrogen) atoms. The molecule has 0 saturated heterocycles. The Bertz CT molecular complexity index is 4090. The number of carboxylic acids is 1. The van der Waals surface area contributed by atoms with Gasteiger partial charge in [-0.1, -0.05) is 24.3 Å². The van der Waals surface area contributed by atoms with Crippen molar-refractivity contribution in [3.05, 3.63) is 196 Å². The molecule has 0 amide bonds. The van der Waals surface area contributed by atoms with Gasteiger partial charge in [0.1, 0.15) is 34.5 Å². The van der Waals surface area contributed by atoms with Gasteiger partial charge in [-0.3, -0.25) is 24.4 Å². The van der Waals surface area contributed by atoms with Crippen LogP contribution in [0.1, 0.15) is 66.3 Å². The zero-order valence-electron chi connectivity index (χ0n) is 46.2. The number of pyridine rings is 4. The Labute approximate surface area is 473 Å². The number of anilines is 1. The highest BCUT2D eigenvalue weighted by Gasteiger charge is 2.21. The van der Waals surface area contributed by atoms with Crippen LogP contribution in [0.25, 0.3) is 44.1 Å². The third-order valence-electron chi connectivity index (χ3n) is 12.6. The van der Waals surface area contributed by atoms with Gasteiger partial charge in [-0.15, -0.1) is 0 Å². The van der Waals surface area contributed by atoms with Crippen LogP contribution < -0.4 is 45.0 Å². The second-order valence-electron chi connectivity index (χ2n) is 18.7. The Hall–Kier alpha value is -10.6. The largest absolute Gasteiger partial charge is 0.493 e. The Morgan fingerprint density at radius 1 is 0.530 bits per heavy atom. The van der Waals surface area contributed by atoms with Gasteiger partial charge in [0.2, 0.25) is 11.4 Å². The van der Waals surface area contributed by atoms with Gasteiger partial charge in [-0.05, 0) is 87.4 Å². The van der Waals surface area contributed by atoms with Crippen LogP contribution in [0.3, 0.4) is 0 Å². The molecule has 3 N–H and O–H groups in total. The Balaban J connectivity index is 0.000000180. The number of Topliss-reactive ketones (excluding diaryl/α,β-unsaturated/α-hetero) is 1. The van der Waals surface area contributed by atoms with E-state index in [0.29, 0.717) is 73.6 Å². The number of nitrogens with two attached hydrogens (primary N) is 1. The molecule has 10 rings (SSSR count). The lowest BCUT2D eigenvalue weighted by Crippen LogP contribution is -2.22. The summed E-state index contributed by atoms with van der Waals surface area (Å²) in [5.41, 5.74) is 7.14. The Morgan fingerprint density at radius 2 is 0.916 bits per heavy atom. The van der Waals surface area contributed by atoms with Gasteiger partial charge < -0.3 is 48.4 Å². The fourth-order valence-corrected chi connectivity index (χ4v) is 8.24. The van der Waals surface area contributed by atoms with Crippen LogP contribution in [0, 0.1) is 11.6 Å². The van der Waals surface area contributed by atoms with Crippen molar-refractivity contribution in [3.8, 4) is 68.2 Å². The first-order chi connectivity index (χ1) is 39.9. The molecule has 0 radical (unpaired) electrons. The summed E-state index contributed by atoms with van der Waals surface area (Å²) in [6.07, 6.45) is 15.2. The molecule has 22 heteroatoms. The second-order valence-corrected chi connectivity index (χ2v) is 18.7. The Kier molecular flexibility index (Phi) is 18.4. The van der Waals surface area contributed by atoms with E-state index in [1.165, 1.54) is 85.7 Å². The van der Waals surface area contributed by atoms with Gasteiger partial charge in [0.15, 0.2) is 45.7 Å². The highest BCUT2D eigenvalue weighted by Crippen LogP contribution is 2.38. The van der Waals surface area contributed by atoms with Crippen molar-refractivity contribution in [2.45, 2.75) is 46.2 Å². The van der Waals surface area contributed by atoms with Gasteiger partial charge >= 0.3 is 5.97 Å². The smallest absolute Gasteiger partial charge is 0.341 e. The third-order valence-corrected chi connectivity index (χ3v) is 12.6. The molecule has 10 aromatic rings. The first kappa shape index (κ1) is 58.5. The molecule has 0 atom stereocenters. The number of halogens is 2. The quantitative estimate of drug-likeness (QED) is 0.0852. The zero-order chi connectivity index (χ0) is 59.5. The molecule has 20 nitrogen and oxygen atoms in total. The minimum atomic E-state index is -1.27. The summed E-state index contributed by atoms with van der Waals surface area (Å²) in [4.78, 5) is 75.0. The number of hydrogen-bond donors (Lipinski definition) is 2. The van der Waals surface area contributed by atoms with Gasteiger partial charge in [0, 0.05) is 83.3 Å². The monoisotopic (exact) mass is 1130 g/mol. The molecule has 0 fully saturated rings. The minimum Gasteiger partial charge on any atom is -0.493 e. The van der Waals surface area contributed by atoms with Crippen molar-refractivity contribution in [2.75, 3.05) is 34.2 Å². The van der Waals surface area contributed by atoms with Crippen molar-refractivity contribution in [2.24, 2.45) is 0 Å². The molecule has 0 aliphatic rings. The van der Waals surface area contributed by atoms with Crippen LogP contribution in [-0.4, -0.2) is 84.3 Å². The summed E-state index contributed by atoms with van der Waals surface area (Å²) in [5, 5.41) is 10.6. The van der Waals surface area contributed by atoms with Crippen molar-refractivity contribution in [1.82, 2.24) is 39.0 Å². The summed E-state index contributed by atoms with van der Waals surface area (Å²) in [6.45, 7) is 7.64. The normalized spacial score (nSPS) is 10.8. The average molecular weight is 1130 g/mol. The first-order valence-corrected chi connectivity index (χ1v) is 25.4. The van der Waals surface area contributed by atoms with Crippen molar-refractivity contribution in [3.63, 3.8) is 0 Å².